The third-order valence-electron chi connectivity index (χ3n) is 4.67. The summed E-state index contributed by atoms with van der Waals surface area (Å²) in [6.07, 6.45) is 0.858. The lowest BCUT2D eigenvalue weighted by atomic mass is 10.1. The van der Waals surface area contributed by atoms with Crippen LogP contribution in [0.15, 0.2) is 48.5 Å². The van der Waals surface area contributed by atoms with Gasteiger partial charge in [0, 0.05) is 43.9 Å². The Labute approximate surface area is 158 Å². The Morgan fingerprint density at radius 1 is 1.00 bits per heavy atom. The van der Waals surface area contributed by atoms with Crippen LogP contribution in [0.2, 0.25) is 0 Å². The van der Waals surface area contributed by atoms with E-state index in [0.29, 0.717) is 49.5 Å². The maximum atomic E-state index is 13.9. The lowest BCUT2D eigenvalue weighted by molar-refractivity contribution is 0.0746. The molecule has 5 nitrogen and oxygen atoms in total. The van der Waals surface area contributed by atoms with E-state index >= 15 is 0 Å². The van der Waals surface area contributed by atoms with Gasteiger partial charge in [0.25, 0.3) is 11.8 Å². The molecule has 0 aliphatic carbocycles. The van der Waals surface area contributed by atoms with Crippen molar-refractivity contribution in [3.05, 3.63) is 65.5 Å². The Morgan fingerprint density at radius 2 is 1.70 bits per heavy atom. The average Bonchev–Trinajstić information content (AvgIpc) is 2.72. The van der Waals surface area contributed by atoms with E-state index in [0.717, 1.165) is 6.42 Å². The second-order valence-electron chi connectivity index (χ2n) is 6.57. The molecule has 0 aromatic heterocycles. The fourth-order valence-corrected chi connectivity index (χ4v) is 3.18. The molecule has 0 spiro atoms. The number of anilines is 1. The predicted molar refractivity (Wildman–Crippen MR) is 104 cm³/mol. The zero-order chi connectivity index (χ0) is 19.2. The van der Waals surface area contributed by atoms with Gasteiger partial charge in [0.15, 0.2) is 0 Å². The summed E-state index contributed by atoms with van der Waals surface area (Å²) < 4.78 is 13.9. The Hall–Kier alpha value is -2.89. The van der Waals surface area contributed by atoms with Crippen LogP contribution in [0.25, 0.3) is 0 Å². The van der Waals surface area contributed by atoms with E-state index in [1.807, 2.05) is 17.9 Å². The topological polar surface area (TPSA) is 52.7 Å². The van der Waals surface area contributed by atoms with Gasteiger partial charge in [-0.3, -0.25) is 9.59 Å². The molecule has 2 aromatic carbocycles. The molecule has 1 N–H and O–H groups in total. The van der Waals surface area contributed by atoms with Gasteiger partial charge in [0.05, 0.1) is 5.69 Å². The third kappa shape index (κ3) is 4.45. The summed E-state index contributed by atoms with van der Waals surface area (Å²) in [4.78, 5) is 28.6. The van der Waals surface area contributed by atoms with E-state index in [2.05, 4.69) is 5.32 Å². The van der Waals surface area contributed by atoms with Crippen LogP contribution >= 0.6 is 0 Å². The zero-order valence-corrected chi connectivity index (χ0v) is 15.5. The molecule has 2 aromatic rings. The molecule has 142 valence electrons. The predicted octanol–water partition coefficient (Wildman–Crippen LogP) is 2.93. The number of amides is 2. The van der Waals surface area contributed by atoms with E-state index in [-0.39, 0.29) is 17.6 Å². The molecule has 0 unspecified atom stereocenters. The molecule has 2 amide bonds. The fraction of sp³-hybridized carbons (Fsp3) is 0.333. The van der Waals surface area contributed by atoms with Gasteiger partial charge in [-0.1, -0.05) is 25.1 Å². The molecule has 0 bridgehead atoms. The number of halogens is 1. The molecular weight excluding hydrogens is 345 g/mol. The van der Waals surface area contributed by atoms with Crippen LogP contribution in [-0.4, -0.2) is 49.4 Å². The Morgan fingerprint density at radius 3 is 2.41 bits per heavy atom. The minimum absolute atomic E-state index is 0.103. The summed E-state index contributed by atoms with van der Waals surface area (Å²) >= 11 is 0. The quantitative estimate of drug-likeness (QED) is 0.882. The van der Waals surface area contributed by atoms with Gasteiger partial charge in [0.2, 0.25) is 0 Å². The maximum absolute atomic E-state index is 13.9. The van der Waals surface area contributed by atoms with Gasteiger partial charge in [-0.25, -0.2) is 4.39 Å². The fourth-order valence-electron chi connectivity index (χ4n) is 3.18. The minimum Gasteiger partial charge on any atom is -0.366 e. The molecule has 0 atom stereocenters. The Balaban J connectivity index is 1.64. The van der Waals surface area contributed by atoms with Crippen LogP contribution in [-0.2, 0) is 0 Å². The number of carbonyl (C=O) groups is 2. The van der Waals surface area contributed by atoms with Crippen LogP contribution in [0.3, 0.4) is 0 Å². The molecule has 27 heavy (non-hydrogen) atoms. The summed E-state index contributed by atoms with van der Waals surface area (Å²) in [7, 11) is 0. The number of nitrogens with one attached hydrogen (secondary N) is 1. The molecular formula is C21H24FN3O2. The van der Waals surface area contributed by atoms with Crippen molar-refractivity contribution in [1.82, 2.24) is 10.2 Å². The molecule has 0 saturated carbocycles. The Bertz CT molecular complexity index is 817. The Kier molecular flexibility index (Phi) is 6.06. The van der Waals surface area contributed by atoms with E-state index in [4.69, 9.17) is 0 Å². The van der Waals surface area contributed by atoms with Crippen molar-refractivity contribution in [3.63, 3.8) is 0 Å². The zero-order valence-electron chi connectivity index (χ0n) is 15.5. The second-order valence-corrected chi connectivity index (χ2v) is 6.57. The van der Waals surface area contributed by atoms with Crippen molar-refractivity contribution in [3.8, 4) is 0 Å². The number of piperazine rings is 1. The van der Waals surface area contributed by atoms with Crippen molar-refractivity contribution in [2.45, 2.75) is 13.3 Å². The molecule has 3 rings (SSSR count). The number of benzene rings is 2. The monoisotopic (exact) mass is 369 g/mol. The van der Waals surface area contributed by atoms with E-state index in [9.17, 15) is 14.0 Å². The number of nitrogens with zero attached hydrogens (tertiary/aromatic N) is 2. The highest BCUT2D eigenvalue weighted by atomic mass is 19.1. The second kappa shape index (κ2) is 8.66. The molecule has 1 aliphatic rings. The third-order valence-corrected chi connectivity index (χ3v) is 4.67. The van der Waals surface area contributed by atoms with E-state index < -0.39 is 0 Å². The molecule has 1 saturated heterocycles. The summed E-state index contributed by atoms with van der Waals surface area (Å²) in [5, 5.41) is 2.82. The summed E-state index contributed by atoms with van der Waals surface area (Å²) in [6, 6.07) is 13.5. The maximum Gasteiger partial charge on any atom is 0.253 e. The highest BCUT2D eigenvalue weighted by Crippen LogP contribution is 2.21. The van der Waals surface area contributed by atoms with Crippen LogP contribution in [0, 0.1) is 5.82 Å². The van der Waals surface area contributed by atoms with Crippen molar-refractivity contribution in [2.75, 3.05) is 37.6 Å². The highest BCUT2D eigenvalue weighted by molar-refractivity contribution is 5.99. The number of rotatable bonds is 5. The number of carbonyl (C=O) groups excluding carboxylic acids is 2. The first-order chi connectivity index (χ1) is 13.1. The summed E-state index contributed by atoms with van der Waals surface area (Å²) in [5.41, 5.74) is 1.55. The molecule has 1 heterocycles. The van der Waals surface area contributed by atoms with Crippen LogP contribution in [0.4, 0.5) is 10.1 Å². The van der Waals surface area contributed by atoms with Gasteiger partial charge in [-0.2, -0.15) is 0 Å². The molecule has 1 fully saturated rings. The van der Waals surface area contributed by atoms with Crippen LogP contribution in [0.5, 0.6) is 0 Å². The minimum atomic E-state index is -0.247. The van der Waals surface area contributed by atoms with Crippen molar-refractivity contribution < 1.29 is 14.0 Å². The van der Waals surface area contributed by atoms with Gasteiger partial charge in [-0.05, 0) is 36.8 Å². The summed E-state index contributed by atoms with van der Waals surface area (Å²) in [6.45, 7) is 4.77. The first-order valence-electron chi connectivity index (χ1n) is 9.27. The highest BCUT2D eigenvalue weighted by Gasteiger charge is 2.24. The van der Waals surface area contributed by atoms with E-state index in [1.54, 1.807) is 41.3 Å². The SMILES string of the molecule is CCCNC(=O)c1cccc(C(=O)N2CCN(c3ccccc3F)CC2)c1. The molecule has 1 aliphatic heterocycles. The standard InChI is InChI=1S/C21H24FN3O2/c1-2-10-23-20(26)16-6-5-7-17(15-16)21(27)25-13-11-24(12-14-25)19-9-4-3-8-18(19)22/h3-9,15H,2,10-14H2,1H3,(H,23,26). The van der Waals surface area contributed by atoms with Crippen LogP contribution in [0.1, 0.15) is 34.1 Å². The molecule has 6 heteroatoms. The van der Waals surface area contributed by atoms with Gasteiger partial charge in [-0.15, -0.1) is 0 Å². The first-order valence-corrected chi connectivity index (χ1v) is 9.27. The van der Waals surface area contributed by atoms with Crippen LogP contribution < -0.4 is 10.2 Å². The van der Waals surface area contributed by atoms with Gasteiger partial charge in [0.1, 0.15) is 5.82 Å². The number of para-hydroxylation sites is 1. The normalized spacial score (nSPS) is 14.1. The smallest absolute Gasteiger partial charge is 0.253 e. The molecule has 0 radical (unpaired) electrons. The van der Waals surface area contributed by atoms with Gasteiger partial charge >= 0.3 is 0 Å². The largest absolute Gasteiger partial charge is 0.366 e. The lowest BCUT2D eigenvalue weighted by Gasteiger charge is -2.36. The van der Waals surface area contributed by atoms with Crippen molar-refractivity contribution in [2.24, 2.45) is 0 Å². The summed E-state index contributed by atoms with van der Waals surface area (Å²) in [5.74, 6) is -0.521. The lowest BCUT2D eigenvalue weighted by Crippen LogP contribution is -2.49. The van der Waals surface area contributed by atoms with Gasteiger partial charge < -0.3 is 15.1 Å². The van der Waals surface area contributed by atoms with Crippen molar-refractivity contribution >= 4 is 17.5 Å². The average molecular weight is 369 g/mol. The van der Waals surface area contributed by atoms with Crippen molar-refractivity contribution in [1.29, 1.82) is 0 Å². The first kappa shape index (κ1) is 18.9. The van der Waals surface area contributed by atoms with E-state index in [1.165, 1.54) is 6.07 Å². The number of hydrogen-bond donors (Lipinski definition) is 1. The number of hydrogen-bond acceptors (Lipinski definition) is 3.